The second-order valence-corrected chi connectivity index (χ2v) is 6.37. The third kappa shape index (κ3) is 4.37. The number of aryl methyl sites for hydroxylation is 2. The molecular formula is C17H18BrFN2O. The van der Waals surface area contributed by atoms with Gasteiger partial charge in [-0.25, -0.2) is 9.37 Å². The second-order valence-electron chi connectivity index (χ2n) is 5.56. The molecule has 0 unspecified atom stereocenters. The third-order valence-corrected chi connectivity index (χ3v) is 3.70. The quantitative estimate of drug-likeness (QED) is 0.834. The minimum atomic E-state index is -0.626. The number of benzene rings is 1. The lowest BCUT2D eigenvalue weighted by Crippen LogP contribution is -2.34. The number of hydrogen-bond acceptors (Lipinski definition) is 2. The van der Waals surface area contributed by atoms with Crippen LogP contribution in [0, 0.1) is 19.7 Å². The fourth-order valence-electron chi connectivity index (χ4n) is 2.48. The molecular weight excluding hydrogens is 347 g/mol. The summed E-state index contributed by atoms with van der Waals surface area (Å²) < 4.78 is 14.1. The Morgan fingerprint density at radius 1 is 1.27 bits per heavy atom. The van der Waals surface area contributed by atoms with Crippen molar-refractivity contribution in [3.63, 3.8) is 0 Å². The Balaban J connectivity index is 2.06. The first-order valence-electron chi connectivity index (χ1n) is 7.04. The van der Waals surface area contributed by atoms with Gasteiger partial charge in [-0.1, -0.05) is 29.3 Å². The number of hydrogen-bond donors (Lipinski definition) is 1. The van der Waals surface area contributed by atoms with Gasteiger partial charge < -0.3 is 5.32 Å². The summed E-state index contributed by atoms with van der Waals surface area (Å²) in [5.41, 5.74) is 3.53. The molecule has 0 saturated carbocycles. The van der Waals surface area contributed by atoms with E-state index < -0.39 is 11.7 Å². The van der Waals surface area contributed by atoms with Crippen molar-refractivity contribution in [2.45, 2.75) is 33.2 Å². The molecule has 0 aliphatic carbocycles. The zero-order valence-electron chi connectivity index (χ0n) is 12.8. The molecule has 1 amide bonds. The molecule has 0 aliphatic heterocycles. The maximum atomic E-state index is 13.7. The Morgan fingerprint density at radius 3 is 2.55 bits per heavy atom. The zero-order valence-corrected chi connectivity index (χ0v) is 14.4. The number of pyridine rings is 1. The minimum Gasteiger partial charge on any atom is -0.349 e. The molecule has 0 radical (unpaired) electrons. The summed E-state index contributed by atoms with van der Waals surface area (Å²) in [7, 11) is 0. The molecule has 1 aromatic heterocycles. The van der Waals surface area contributed by atoms with Crippen LogP contribution in [0.4, 0.5) is 4.39 Å². The number of halogens is 2. The average molecular weight is 365 g/mol. The molecule has 2 rings (SSSR count). The van der Waals surface area contributed by atoms with Gasteiger partial charge in [0.25, 0.3) is 5.91 Å². The smallest absolute Gasteiger partial charge is 0.254 e. The summed E-state index contributed by atoms with van der Waals surface area (Å²) in [5.74, 6) is -1.06. The highest BCUT2D eigenvalue weighted by atomic mass is 79.9. The molecule has 1 heterocycles. The van der Waals surface area contributed by atoms with Crippen molar-refractivity contribution in [3.8, 4) is 0 Å². The van der Waals surface area contributed by atoms with Gasteiger partial charge in [0, 0.05) is 6.04 Å². The van der Waals surface area contributed by atoms with E-state index in [-0.39, 0.29) is 11.6 Å². The normalized spacial score (nSPS) is 12.0. The first-order valence-corrected chi connectivity index (χ1v) is 7.83. The van der Waals surface area contributed by atoms with Gasteiger partial charge in [0.1, 0.15) is 4.60 Å². The number of rotatable bonds is 4. The Bertz CT molecular complexity index is 683. The van der Waals surface area contributed by atoms with Crippen LogP contribution in [-0.4, -0.2) is 16.9 Å². The molecule has 116 valence electrons. The maximum Gasteiger partial charge on any atom is 0.254 e. The second kappa shape index (κ2) is 7.01. The first-order chi connectivity index (χ1) is 10.3. The molecule has 0 bridgehead atoms. The summed E-state index contributed by atoms with van der Waals surface area (Å²) in [4.78, 5) is 15.9. The van der Waals surface area contributed by atoms with Crippen molar-refractivity contribution >= 4 is 21.8 Å². The Hall–Kier alpha value is -1.75. The van der Waals surface area contributed by atoms with E-state index in [2.05, 4.69) is 44.4 Å². The van der Waals surface area contributed by atoms with E-state index in [4.69, 9.17) is 0 Å². The van der Waals surface area contributed by atoms with Crippen LogP contribution in [0.3, 0.4) is 0 Å². The van der Waals surface area contributed by atoms with Crippen LogP contribution in [0.2, 0.25) is 0 Å². The van der Waals surface area contributed by atoms with Crippen molar-refractivity contribution in [2.24, 2.45) is 0 Å². The molecule has 0 saturated heterocycles. The number of amides is 1. The first kappa shape index (κ1) is 16.6. The van der Waals surface area contributed by atoms with Crippen LogP contribution in [0.25, 0.3) is 0 Å². The predicted octanol–water partition coefficient (Wildman–Crippen LogP) is 3.96. The zero-order chi connectivity index (χ0) is 16.3. The van der Waals surface area contributed by atoms with Crippen LogP contribution in [0.15, 0.2) is 35.1 Å². The Kier molecular flexibility index (Phi) is 5.29. The molecule has 1 N–H and O–H groups in total. The topological polar surface area (TPSA) is 42.0 Å². The highest BCUT2D eigenvalue weighted by Crippen LogP contribution is 2.14. The molecule has 5 heteroatoms. The lowest BCUT2D eigenvalue weighted by molar-refractivity contribution is 0.0936. The lowest BCUT2D eigenvalue weighted by Gasteiger charge is -2.15. The van der Waals surface area contributed by atoms with E-state index in [0.717, 1.165) is 11.8 Å². The van der Waals surface area contributed by atoms with Gasteiger partial charge in [-0.05, 0) is 54.8 Å². The predicted molar refractivity (Wildman–Crippen MR) is 88.4 cm³/mol. The summed E-state index contributed by atoms with van der Waals surface area (Å²) in [6, 6.07) is 7.59. The Labute approximate surface area is 138 Å². The maximum absolute atomic E-state index is 13.7. The molecule has 0 fully saturated rings. The lowest BCUT2D eigenvalue weighted by atomic mass is 10.0. The van der Waals surface area contributed by atoms with Gasteiger partial charge in [-0.15, -0.1) is 0 Å². The minimum absolute atomic E-state index is 0.00542. The molecule has 0 spiro atoms. The van der Waals surface area contributed by atoms with E-state index in [1.807, 2.05) is 20.8 Å². The highest BCUT2D eigenvalue weighted by Gasteiger charge is 2.15. The van der Waals surface area contributed by atoms with E-state index >= 15 is 0 Å². The van der Waals surface area contributed by atoms with Crippen molar-refractivity contribution in [2.75, 3.05) is 0 Å². The standard InChI is InChI=1S/C17H18BrFN2O/c1-10-4-11(2)6-13(5-10)7-12(3)21-17(22)14-8-16(18)20-9-15(14)19/h4-6,8-9,12H,7H2,1-3H3,(H,21,22)/t12-/m0/s1. The van der Waals surface area contributed by atoms with E-state index in [9.17, 15) is 9.18 Å². The third-order valence-electron chi connectivity index (χ3n) is 3.27. The monoisotopic (exact) mass is 364 g/mol. The number of nitrogens with one attached hydrogen (secondary N) is 1. The molecule has 22 heavy (non-hydrogen) atoms. The number of carbonyl (C=O) groups is 1. The van der Waals surface area contributed by atoms with Crippen LogP contribution < -0.4 is 5.32 Å². The van der Waals surface area contributed by atoms with Gasteiger partial charge in [-0.3, -0.25) is 4.79 Å². The van der Waals surface area contributed by atoms with Crippen molar-refractivity contribution in [1.82, 2.24) is 10.3 Å². The van der Waals surface area contributed by atoms with Gasteiger partial charge >= 0.3 is 0 Å². The summed E-state index contributed by atoms with van der Waals surface area (Å²) in [6.45, 7) is 6.00. The molecule has 2 aromatic rings. The van der Waals surface area contributed by atoms with Crippen LogP contribution in [0.1, 0.15) is 34.0 Å². The summed E-state index contributed by atoms with van der Waals surface area (Å²) in [6.07, 6.45) is 1.73. The average Bonchev–Trinajstić information content (AvgIpc) is 2.39. The molecule has 1 aromatic carbocycles. The Morgan fingerprint density at radius 2 is 1.91 bits per heavy atom. The SMILES string of the molecule is Cc1cc(C)cc(C[C@H](C)NC(=O)c2cc(Br)ncc2F)c1. The van der Waals surface area contributed by atoms with Gasteiger partial charge in [0.05, 0.1) is 11.8 Å². The molecule has 3 nitrogen and oxygen atoms in total. The van der Waals surface area contributed by atoms with Crippen molar-refractivity contribution in [1.29, 1.82) is 0 Å². The van der Waals surface area contributed by atoms with E-state index in [0.29, 0.717) is 11.0 Å². The van der Waals surface area contributed by atoms with Crippen LogP contribution in [0.5, 0.6) is 0 Å². The van der Waals surface area contributed by atoms with E-state index in [1.54, 1.807) is 0 Å². The highest BCUT2D eigenvalue weighted by molar-refractivity contribution is 9.10. The van der Waals surface area contributed by atoms with Crippen molar-refractivity contribution < 1.29 is 9.18 Å². The van der Waals surface area contributed by atoms with Gasteiger partial charge in [-0.2, -0.15) is 0 Å². The number of nitrogens with zero attached hydrogens (tertiary/aromatic N) is 1. The summed E-state index contributed by atoms with van der Waals surface area (Å²) >= 11 is 3.14. The van der Waals surface area contributed by atoms with Crippen LogP contribution in [-0.2, 0) is 6.42 Å². The van der Waals surface area contributed by atoms with Gasteiger partial charge in [0.2, 0.25) is 0 Å². The van der Waals surface area contributed by atoms with Gasteiger partial charge in [0.15, 0.2) is 5.82 Å². The summed E-state index contributed by atoms with van der Waals surface area (Å²) in [5, 5.41) is 2.82. The number of carbonyl (C=O) groups excluding carboxylic acids is 1. The molecule has 0 aliphatic rings. The fourth-order valence-corrected chi connectivity index (χ4v) is 2.81. The van der Waals surface area contributed by atoms with Crippen LogP contribution >= 0.6 is 15.9 Å². The number of aromatic nitrogens is 1. The van der Waals surface area contributed by atoms with E-state index in [1.165, 1.54) is 17.2 Å². The largest absolute Gasteiger partial charge is 0.349 e. The van der Waals surface area contributed by atoms with Crippen molar-refractivity contribution in [3.05, 3.63) is 63.1 Å². The fraction of sp³-hybridized carbons (Fsp3) is 0.294. The molecule has 1 atom stereocenters.